The minimum atomic E-state index is -3.59. The Morgan fingerprint density at radius 1 is 0.968 bits per heavy atom. The number of aryl methyl sites for hydroxylation is 1. The maximum Gasteiger partial charge on any atom is 0.240 e. The van der Waals surface area contributed by atoms with Gasteiger partial charge >= 0.3 is 0 Å². The minimum absolute atomic E-state index is 0.118. The van der Waals surface area contributed by atoms with E-state index in [1.807, 2.05) is 42.5 Å². The van der Waals surface area contributed by atoms with Gasteiger partial charge < -0.3 is 4.74 Å². The van der Waals surface area contributed by atoms with Gasteiger partial charge in [-0.15, -0.1) is 15.3 Å². The van der Waals surface area contributed by atoms with Crippen molar-refractivity contribution in [3.05, 3.63) is 72.3 Å². The molecule has 31 heavy (non-hydrogen) atoms. The van der Waals surface area contributed by atoms with Gasteiger partial charge in [0.05, 0.1) is 4.90 Å². The van der Waals surface area contributed by atoms with E-state index in [1.165, 1.54) is 0 Å². The van der Waals surface area contributed by atoms with Crippen LogP contribution in [0.4, 0.5) is 0 Å². The Kier molecular flexibility index (Phi) is 6.24. The van der Waals surface area contributed by atoms with E-state index >= 15 is 0 Å². The number of aromatic nitrogens is 4. The molecule has 9 heteroatoms. The highest BCUT2D eigenvalue weighted by atomic mass is 32.2. The largest absolute Gasteiger partial charge is 0.475 e. The predicted molar refractivity (Wildman–Crippen MR) is 117 cm³/mol. The molecule has 0 spiro atoms. The number of ether oxygens (including phenoxy) is 1. The molecule has 0 aliphatic heterocycles. The summed E-state index contributed by atoms with van der Waals surface area (Å²) in [6.45, 7) is 2.34. The molecule has 0 radical (unpaired) electrons. The van der Waals surface area contributed by atoms with Crippen LogP contribution in [0.25, 0.3) is 17.0 Å². The number of benzene rings is 2. The average molecular weight is 438 g/mol. The summed E-state index contributed by atoms with van der Waals surface area (Å²) >= 11 is 0. The second-order valence-corrected chi connectivity index (χ2v) is 8.74. The quantitative estimate of drug-likeness (QED) is 0.404. The van der Waals surface area contributed by atoms with Crippen molar-refractivity contribution >= 4 is 15.7 Å². The Labute approximate surface area is 181 Å². The first-order valence-corrected chi connectivity index (χ1v) is 11.5. The summed E-state index contributed by atoms with van der Waals surface area (Å²) in [5.74, 6) is 0.959. The second kappa shape index (κ2) is 9.23. The Hall–Kier alpha value is -3.30. The molecule has 160 valence electrons. The third-order valence-corrected chi connectivity index (χ3v) is 6.16. The van der Waals surface area contributed by atoms with Crippen LogP contribution in [0.2, 0.25) is 0 Å². The molecule has 2 heterocycles. The van der Waals surface area contributed by atoms with Crippen molar-refractivity contribution in [3.8, 4) is 17.3 Å². The SMILES string of the molecule is CCCc1ccc(S(=O)(=O)NCCOc2ccc3nnc(-c4ccccc4)n3n2)cc1. The van der Waals surface area contributed by atoms with E-state index in [0.29, 0.717) is 17.4 Å². The molecule has 0 aliphatic carbocycles. The molecule has 0 aliphatic rings. The van der Waals surface area contributed by atoms with E-state index in [-0.39, 0.29) is 18.0 Å². The summed E-state index contributed by atoms with van der Waals surface area (Å²) in [7, 11) is -3.59. The summed E-state index contributed by atoms with van der Waals surface area (Å²) < 4.78 is 34.7. The molecular weight excluding hydrogens is 414 g/mol. The number of rotatable bonds is 9. The first-order chi connectivity index (χ1) is 15.1. The zero-order valence-corrected chi connectivity index (χ0v) is 17.9. The van der Waals surface area contributed by atoms with E-state index in [4.69, 9.17) is 4.74 Å². The van der Waals surface area contributed by atoms with Gasteiger partial charge in [0, 0.05) is 18.2 Å². The standard InChI is InChI=1S/C22H23N5O3S/c1-2-6-17-9-11-19(12-10-17)31(28,29)23-15-16-30-21-14-13-20-24-25-22(27(20)26-21)18-7-4-3-5-8-18/h3-5,7-14,23H,2,6,15-16H2,1H3. The fraction of sp³-hybridized carbons (Fsp3) is 0.227. The van der Waals surface area contributed by atoms with E-state index in [9.17, 15) is 8.42 Å². The molecule has 0 fully saturated rings. The van der Waals surface area contributed by atoms with Gasteiger partial charge in [-0.1, -0.05) is 55.8 Å². The Morgan fingerprint density at radius 2 is 1.74 bits per heavy atom. The summed E-state index contributed by atoms with van der Waals surface area (Å²) in [4.78, 5) is 0.240. The molecule has 0 saturated heterocycles. The first-order valence-electron chi connectivity index (χ1n) is 10.1. The smallest absolute Gasteiger partial charge is 0.240 e. The number of sulfonamides is 1. The fourth-order valence-corrected chi connectivity index (χ4v) is 4.17. The highest BCUT2D eigenvalue weighted by Crippen LogP contribution is 2.18. The van der Waals surface area contributed by atoms with E-state index in [2.05, 4.69) is 26.9 Å². The Balaban J connectivity index is 1.38. The van der Waals surface area contributed by atoms with Gasteiger partial charge in [-0.05, 0) is 30.2 Å². The van der Waals surface area contributed by atoms with Crippen LogP contribution in [0.1, 0.15) is 18.9 Å². The number of nitrogens with one attached hydrogen (secondary N) is 1. The van der Waals surface area contributed by atoms with Gasteiger partial charge in [-0.25, -0.2) is 13.1 Å². The number of hydrogen-bond acceptors (Lipinski definition) is 6. The van der Waals surface area contributed by atoms with Crippen LogP contribution in [0, 0.1) is 0 Å². The van der Waals surface area contributed by atoms with E-state index in [0.717, 1.165) is 24.0 Å². The van der Waals surface area contributed by atoms with Gasteiger partial charge in [0.15, 0.2) is 11.5 Å². The van der Waals surface area contributed by atoms with Crippen molar-refractivity contribution in [1.82, 2.24) is 24.5 Å². The lowest BCUT2D eigenvalue weighted by atomic mass is 10.1. The molecule has 4 rings (SSSR count). The van der Waals surface area contributed by atoms with Crippen molar-refractivity contribution in [1.29, 1.82) is 0 Å². The van der Waals surface area contributed by atoms with Crippen LogP contribution in [0.15, 0.2) is 71.6 Å². The molecule has 0 unspecified atom stereocenters. The van der Waals surface area contributed by atoms with Crippen LogP contribution in [-0.2, 0) is 16.4 Å². The van der Waals surface area contributed by atoms with Crippen molar-refractivity contribution < 1.29 is 13.2 Å². The molecule has 0 bridgehead atoms. The van der Waals surface area contributed by atoms with E-state index < -0.39 is 10.0 Å². The topological polar surface area (TPSA) is 98.5 Å². The lowest BCUT2D eigenvalue weighted by molar-refractivity contribution is 0.306. The molecule has 0 atom stereocenters. The maximum absolute atomic E-state index is 12.5. The molecule has 4 aromatic rings. The Morgan fingerprint density at radius 3 is 2.48 bits per heavy atom. The van der Waals surface area contributed by atoms with Gasteiger partial charge in [0.2, 0.25) is 15.9 Å². The van der Waals surface area contributed by atoms with Gasteiger partial charge in [-0.2, -0.15) is 4.52 Å². The molecule has 2 aromatic carbocycles. The summed E-state index contributed by atoms with van der Waals surface area (Å²) in [5.41, 5.74) is 2.60. The number of nitrogens with zero attached hydrogens (tertiary/aromatic N) is 4. The van der Waals surface area contributed by atoms with Gasteiger partial charge in [0.25, 0.3) is 0 Å². The predicted octanol–water partition coefficient (Wildman–Crippen LogP) is 3.10. The Bertz CT molecular complexity index is 1260. The summed E-state index contributed by atoms with van der Waals surface area (Å²) in [6.07, 6.45) is 1.95. The minimum Gasteiger partial charge on any atom is -0.475 e. The van der Waals surface area contributed by atoms with Crippen LogP contribution in [0.3, 0.4) is 0 Å². The van der Waals surface area contributed by atoms with Crippen molar-refractivity contribution in [2.24, 2.45) is 0 Å². The van der Waals surface area contributed by atoms with Gasteiger partial charge in [-0.3, -0.25) is 0 Å². The normalized spacial score (nSPS) is 11.6. The summed E-state index contributed by atoms with van der Waals surface area (Å²) in [6, 6.07) is 20.0. The van der Waals surface area contributed by atoms with Crippen molar-refractivity contribution in [2.75, 3.05) is 13.2 Å². The molecule has 1 N–H and O–H groups in total. The van der Waals surface area contributed by atoms with Crippen LogP contribution < -0.4 is 9.46 Å². The molecule has 0 saturated carbocycles. The number of fused-ring (bicyclic) bond motifs is 1. The lowest BCUT2D eigenvalue weighted by Gasteiger charge is -2.09. The van der Waals surface area contributed by atoms with Crippen molar-refractivity contribution in [3.63, 3.8) is 0 Å². The zero-order valence-electron chi connectivity index (χ0n) is 17.1. The molecule has 2 aromatic heterocycles. The third-order valence-electron chi connectivity index (χ3n) is 4.69. The maximum atomic E-state index is 12.5. The zero-order chi connectivity index (χ0) is 21.7. The summed E-state index contributed by atoms with van der Waals surface area (Å²) in [5, 5.41) is 12.7. The monoisotopic (exact) mass is 437 g/mol. The van der Waals surface area contributed by atoms with Crippen molar-refractivity contribution in [2.45, 2.75) is 24.7 Å². The number of hydrogen-bond donors (Lipinski definition) is 1. The van der Waals surface area contributed by atoms with Gasteiger partial charge in [0.1, 0.15) is 6.61 Å². The lowest BCUT2D eigenvalue weighted by Crippen LogP contribution is -2.28. The highest BCUT2D eigenvalue weighted by molar-refractivity contribution is 7.89. The molecule has 8 nitrogen and oxygen atoms in total. The third kappa shape index (κ3) is 4.89. The molecular formula is C22H23N5O3S. The first kappa shape index (κ1) is 21.0. The van der Waals surface area contributed by atoms with Crippen LogP contribution in [0.5, 0.6) is 5.88 Å². The molecule has 0 amide bonds. The van der Waals surface area contributed by atoms with E-state index in [1.54, 1.807) is 28.8 Å². The average Bonchev–Trinajstić information content (AvgIpc) is 3.21. The highest BCUT2D eigenvalue weighted by Gasteiger charge is 2.14. The second-order valence-electron chi connectivity index (χ2n) is 6.97. The van der Waals surface area contributed by atoms with Crippen LogP contribution >= 0.6 is 0 Å². The fourth-order valence-electron chi connectivity index (χ4n) is 3.16. The van der Waals surface area contributed by atoms with Crippen LogP contribution in [-0.4, -0.2) is 41.4 Å².